The number of rotatable bonds is 0. The molecule has 1 aromatic heterocycles. The maximum Gasteiger partial charge on any atom is 0.437 e. The molecule has 0 aliphatic rings. The Morgan fingerprint density at radius 1 is 1.45 bits per heavy atom. The van der Waals surface area contributed by atoms with E-state index in [2.05, 4.69) is 25.3 Å². The van der Waals surface area contributed by atoms with Crippen LogP contribution in [0.1, 0.15) is 5.69 Å². The highest BCUT2D eigenvalue weighted by atomic mass is 79.9. The third kappa shape index (κ3) is 1.65. The van der Waals surface area contributed by atoms with Gasteiger partial charge in [-0.25, -0.2) is 0 Å². The first-order valence-corrected chi connectivity index (χ1v) is 3.19. The highest BCUT2D eigenvalue weighted by molar-refractivity contribution is 9.10. The summed E-state index contributed by atoms with van der Waals surface area (Å²) < 4.78 is 39.4. The highest BCUT2D eigenvalue weighted by Gasteiger charge is 2.37. The molecular weight excluding hydrogens is 229 g/mol. The van der Waals surface area contributed by atoms with Gasteiger partial charge >= 0.3 is 6.18 Å². The summed E-state index contributed by atoms with van der Waals surface area (Å²) in [5, 5.41) is 0. The summed E-state index contributed by atoms with van der Waals surface area (Å²) in [7, 11) is 0. The Morgan fingerprint density at radius 2 is 2.00 bits per heavy atom. The van der Waals surface area contributed by atoms with Crippen molar-refractivity contribution in [3.8, 4) is 0 Å². The Labute approximate surface area is 67.5 Å². The van der Waals surface area contributed by atoms with Gasteiger partial charge in [0.25, 0.3) is 6.01 Å². The smallest absolute Gasteiger partial charge is 0.416 e. The first-order valence-electron chi connectivity index (χ1n) is 2.40. The quantitative estimate of drug-likeness (QED) is 0.743. The first-order chi connectivity index (χ1) is 4.91. The van der Waals surface area contributed by atoms with Gasteiger partial charge in [-0.2, -0.15) is 18.2 Å². The van der Waals surface area contributed by atoms with Gasteiger partial charge in [-0.3, -0.25) is 0 Å². The Balaban J connectivity index is 3.13. The number of nitrogen functional groups attached to an aromatic ring is 1. The van der Waals surface area contributed by atoms with Crippen LogP contribution >= 0.6 is 15.9 Å². The lowest BCUT2D eigenvalue weighted by Crippen LogP contribution is -2.06. The largest absolute Gasteiger partial charge is 0.437 e. The van der Waals surface area contributed by atoms with Gasteiger partial charge in [-0.1, -0.05) is 0 Å². The highest BCUT2D eigenvalue weighted by Crippen LogP contribution is 2.34. The van der Waals surface area contributed by atoms with Crippen LogP contribution in [0.2, 0.25) is 0 Å². The average molecular weight is 231 g/mol. The number of aromatic nitrogens is 1. The van der Waals surface area contributed by atoms with Gasteiger partial charge in [0.15, 0.2) is 5.69 Å². The molecule has 1 heterocycles. The molecule has 0 atom stereocenters. The lowest BCUT2D eigenvalue weighted by molar-refractivity contribution is -0.141. The first kappa shape index (κ1) is 8.38. The van der Waals surface area contributed by atoms with Crippen molar-refractivity contribution in [2.45, 2.75) is 6.18 Å². The van der Waals surface area contributed by atoms with Gasteiger partial charge in [0.1, 0.15) is 0 Å². The van der Waals surface area contributed by atoms with E-state index in [1.807, 2.05) is 0 Å². The summed E-state index contributed by atoms with van der Waals surface area (Å²) in [4.78, 5) is 2.92. The summed E-state index contributed by atoms with van der Waals surface area (Å²) in [6, 6.07) is -0.510. The molecule has 0 saturated heterocycles. The van der Waals surface area contributed by atoms with Crippen molar-refractivity contribution < 1.29 is 17.6 Å². The van der Waals surface area contributed by atoms with E-state index >= 15 is 0 Å². The van der Waals surface area contributed by atoms with Crippen LogP contribution in [-0.2, 0) is 6.18 Å². The van der Waals surface area contributed by atoms with E-state index in [-0.39, 0.29) is 0 Å². The number of nitrogens with two attached hydrogens (primary N) is 1. The van der Waals surface area contributed by atoms with Crippen LogP contribution in [0.3, 0.4) is 0 Å². The Bertz CT molecular complexity index is 269. The van der Waals surface area contributed by atoms with Crippen molar-refractivity contribution in [3.63, 3.8) is 0 Å². The van der Waals surface area contributed by atoms with Crippen LogP contribution in [-0.4, -0.2) is 4.98 Å². The standard InChI is InChI=1S/C4H2BrF3N2O/c5-2-1(4(6,7)8)10-3(9)11-2/h(H2,9,10). The van der Waals surface area contributed by atoms with Crippen molar-refractivity contribution in [3.05, 3.63) is 10.4 Å². The summed E-state index contributed by atoms with van der Waals surface area (Å²) in [6.07, 6.45) is -4.53. The van der Waals surface area contributed by atoms with Crippen molar-refractivity contribution >= 4 is 21.9 Å². The molecule has 0 unspecified atom stereocenters. The SMILES string of the molecule is Nc1nc(C(F)(F)F)c(Br)o1. The van der Waals surface area contributed by atoms with E-state index in [9.17, 15) is 13.2 Å². The Hall–Kier alpha value is -0.720. The number of anilines is 1. The molecule has 0 aromatic carbocycles. The van der Waals surface area contributed by atoms with Crippen LogP contribution in [0, 0.1) is 0 Å². The number of hydrogen-bond donors (Lipinski definition) is 1. The molecule has 0 fully saturated rings. The molecule has 0 aliphatic heterocycles. The Morgan fingerprint density at radius 3 is 2.18 bits per heavy atom. The summed E-state index contributed by atoms with van der Waals surface area (Å²) in [6.45, 7) is 0. The van der Waals surface area contributed by atoms with Crippen LogP contribution in [0.5, 0.6) is 0 Å². The second-order valence-electron chi connectivity index (χ2n) is 1.67. The van der Waals surface area contributed by atoms with Crippen LogP contribution in [0.25, 0.3) is 0 Å². The molecule has 3 nitrogen and oxygen atoms in total. The minimum absolute atomic E-state index is 0.498. The molecular formula is C4H2BrF3N2O. The van der Waals surface area contributed by atoms with Crippen molar-refractivity contribution in [1.29, 1.82) is 0 Å². The fourth-order valence-electron chi connectivity index (χ4n) is 0.492. The van der Waals surface area contributed by atoms with Gasteiger partial charge in [0.05, 0.1) is 0 Å². The molecule has 7 heteroatoms. The summed E-state index contributed by atoms with van der Waals surface area (Å²) in [5.41, 5.74) is 3.72. The summed E-state index contributed by atoms with van der Waals surface area (Å²) >= 11 is 2.52. The van der Waals surface area contributed by atoms with Crippen molar-refractivity contribution in [1.82, 2.24) is 4.98 Å². The van der Waals surface area contributed by atoms with E-state index in [4.69, 9.17) is 5.73 Å². The summed E-state index contributed by atoms with van der Waals surface area (Å²) in [5.74, 6) is 0. The minimum atomic E-state index is -4.53. The number of oxazole rings is 1. The molecule has 0 bridgehead atoms. The van der Waals surface area contributed by atoms with E-state index in [0.717, 1.165) is 0 Å². The number of halogens is 4. The van der Waals surface area contributed by atoms with Gasteiger partial charge in [0, 0.05) is 0 Å². The molecule has 0 amide bonds. The topological polar surface area (TPSA) is 52.0 Å². The van der Waals surface area contributed by atoms with E-state index in [1.165, 1.54) is 0 Å². The maximum atomic E-state index is 11.9. The molecule has 62 valence electrons. The van der Waals surface area contributed by atoms with E-state index < -0.39 is 22.6 Å². The lowest BCUT2D eigenvalue weighted by atomic mass is 10.5. The molecule has 0 radical (unpaired) electrons. The maximum absolute atomic E-state index is 11.9. The van der Waals surface area contributed by atoms with Crippen LogP contribution in [0.4, 0.5) is 19.2 Å². The molecule has 0 aliphatic carbocycles. The lowest BCUT2D eigenvalue weighted by Gasteiger charge is -1.99. The van der Waals surface area contributed by atoms with Gasteiger partial charge in [0.2, 0.25) is 4.67 Å². The van der Waals surface area contributed by atoms with Gasteiger partial charge < -0.3 is 10.2 Å². The predicted octanol–water partition coefficient (Wildman–Crippen LogP) is 2.04. The minimum Gasteiger partial charge on any atom is -0.416 e. The second-order valence-corrected chi connectivity index (χ2v) is 2.39. The number of hydrogen-bond acceptors (Lipinski definition) is 3. The monoisotopic (exact) mass is 230 g/mol. The van der Waals surface area contributed by atoms with E-state index in [1.54, 1.807) is 0 Å². The molecule has 1 rings (SSSR count). The third-order valence-corrected chi connectivity index (χ3v) is 1.41. The third-order valence-electron chi connectivity index (χ3n) is 0.871. The molecule has 11 heavy (non-hydrogen) atoms. The van der Waals surface area contributed by atoms with Gasteiger partial charge in [-0.15, -0.1) is 0 Å². The van der Waals surface area contributed by atoms with Crippen LogP contribution in [0.15, 0.2) is 9.09 Å². The zero-order valence-electron chi connectivity index (χ0n) is 4.94. The molecule has 0 spiro atoms. The second kappa shape index (κ2) is 2.40. The number of nitrogens with zero attached hydrogens (tertiary/aromatic N) is 1. The molecule has 1 aromatic rings. The average Bonchev–Trinajstić information content (AvgIpc) is 2.08. The van der Waals surface area contributed by atoms with Crippen molar-refractivity contribution in [2.24, 2.45) is 0 Å². The predicted molar refractivity (Wildman–Crippen MR) is 33.6 cm³/mol. The van der Waals surface area contributed by atoms with Crippen molar-refractivity contribution in [2.75, 3.05) is 5.73 Å². The van der Waals surface area contributed by atoms with E-state index in [0.29, 0.717) is 0 Å². The molecule has 2 N–H and O–H groups in total. The Kier molecular flexibility index (Phi) is 1.83. The zero-order chi connectivity index (χ0) is 8.65. The number of alkyl halides is 3. The zero-order valence-corrected chi connectivity index (χ0v) is 6.53. The fraction of sp³-hybridized carbons (Fsp3) is 0.250. The molecule has 0 saturated carbocycles. The van der Waals surface area contributed by atoms with Gasteiger partial charge in [-0.05, 0) is 15.9 Å². The van der Waals surface area contributed by atoms with Crippen LogP contribution < -0.4 is 5.73 Å². The normalized spacial score (nSPS) is 12.0. The fourth-order valence-corrected chi connectivity index (χ4v) is 0.971.